The number of ether oxygens (including phenoxy) is 2. The van der Waals surface area contributed by atoms with Crippen LogP contribution in [0.3, 0.4) is 0 Å². The minimum Gasteiger partial charge on any atom is -0.496 e. The first-order valence-electron chi connectivity index (χ1n) is 9.03. The number of benzene rings is 2. The van der Waals surface area contributed by atoms with E-state index in [1.807, 2.05) is 53.4 Å². The van der Waals surface area contributed by atoms with Crippen LogP contribution >= 0.6 is 0 Å². The van der Waals surface area contributed by atoms with Crippen molar-refractivity contribution < 1.29 is 24.5 Å². The van der Waals surface area contributed by atoms with Gasteiger partial charge in [0.2, 0.25) is 0 Å². The Balaban J connectivity index is 1.65. The van der Waals surface area contributed by atoms with Crippen molar-refractivity contribution in [2.24, 2.45) is 5.92 Å². The van der Waals surface area contributed by atoms with Crippen LogP contribution in [-0.4, -0.2) is 47.4 Å². The summed E-state index contributed by atoms with van der Waals surface area (Å²) in [5, 5.41) is 19.1. The van der Waals surface area contributed by atoms with E-state index in [1.54, 1.807) is 7.11 Å². The molecule has 2 atom stereocenters. The van der Waals surface area contributed by atoms with Crippen LogP contribution in [0.5, 0.6) is 11.5 Å². The highest BCUT2D eigenvalue weighted by Crippen LogP contribution is 2.28. The second-order valence-electron chi connectivity index (χ2n) is 6.78. The fourth-order valence-electron chi connectivity index (χ4n) is 3.32. The van der Waals surface area contributed by atoms with Crippen LogP contribution in [0.25, 0.3) is 0 Å². The van der Waals surface area contributed by atoms with Gasteiger partial charge in [-0.25, -0.2) is 0 Å². The molecule has 6 heteroatoms. The lowest BCUT2D eigenvalue weighted by Crippen LogP contribution is -2.46. The molecule has 2 aromatic rings. The predicted molar refractivity (Wildman–Crippen MR) is 101 cm³/mol. The van der Waals surface area contributed by atoms with E-state index < -0.39 is 18.0 Å². The minimum absolute atomic E-state index is 0.325. The van der Waals surface area contributed by atoms with Crippen LogP contribution in [0.1, 0.15) is 17.5 Å². The highest BCUT2D eigenvalue weighted by Gasteiger charge is 2.33. The van der Waals surface area contributed by atoms with Crippen molar-refractivity contribution in [3.05, 3.63) is 59.7 Å². The zero-order valence-electron chi connectivity index (χ0n) is 15.4. The molecule has 0 bridgehead atoms. The van der Waals surface area contributed by atoms with Crippen molar-refractivity contribution in [1.29, 1.82) is 0 Å². The van der Waals surface area contributed by atoms with Crippen LogP contribution in [0, 0.1) is 5.92 Å². The lowest BCUT2D eigenvalue weighted by atomic mass is 9.94. The Kier molecular flexibility index (Phi) is 6.32. The molecule has 1 aliphatic rings. The molecule has 0 radical (unpaired) electrons. The van der Waals surface area contributed by atoms with E-state index in [1.165, 1.54) is 0 Å². The largest absolute Gasteiger partial charge is 0.496 e. The molecule has 1 heterocycles. The van der Waals surface area contributed by atoms with Gasteiger partial charge < -0.3 is 19.7 Å². The van der Waals surface area contributed by atoms with E-state index in [-0.39, 0.29) is 0 Å². The predicted octanol–water partition coefficient (Wildman–Crippen LogP) is 2.54. The van der Waals surface area contributed by atoms with Gasteiger partial charge in [0.15, 0.2) is 0 Å². The molecule has 0 saturated carbocycles. The summed E-state index contributed by atoms with van der Waals surface area (Å²) in [5.41, 5.74) is 2.05. The van der Waals surface area contributed by atoms with E-state index in [9.17, 15) is 15.0 Å². The Morgan fingerprint density at radius 2 is 2.00 bits per heavy atom. The summed E-state index contributed by atoms with van der Waals surface area (Å²) >= 11 is 0. The second-order valence-corrected chi connectivity index (χ2v) is 6.78. The third kappa shape index (κ3) is 4.99. The van der Waals surface area contributed by atoms with Gasteiger partial charge in [0.1, 0.15) is 18.1 Å². The molecule has 0 amide bonds. The van der Waals surface area contributed by atoms with Gasteiger partial charge >= 0.3 is 5.97 Å². The molecule has 27 heavy (non-hydrogen) atoms. The maximum absolute atomic E-state index is 11.3. The number of aliphatic hydroxyl groups excluding tert-OH is 1. The zero-order valence-corrected chi connectivity index (χ0v) is 15.4. The number of aliphatic carboxylic acids is 1. The molecule has 3 rings (SSSR count). The van der Waals surface area contributed by atoms with Crippen molar-refractivity contribution >= 4 is 5.97 Å². The Labute approximate surface area is 159 Å². The molecule has 0 spiro atoms. The maximum Gasteiger partial charge on any atom is 0.310 e. The monoisotopic (exact) mass is 371 g/mol. The lowest BCUT2D eigenvalue weighted by molar-refractivity contribution is -0.149. The summed E-state index contributed by atoms with van der Waals surface area (Å²) < 4.78 is 11.3. The molecule has 1 saturated heterocycles. The molecule has 1 fully saturated rings. The minimum atomic E-state index is -0.955. The molecule has 0 aliphatic carbocycles. The lowest BCUT2D eigenvalue weighted by Gasteiger charge is -2.34. The molecule has 2 N–H and O–H groups in total. The summed E-state index contributed by atoms with van der Waals surface area (Å²) in [7, 11) is 1.61. The average molecular weight is 371 g/mol. The van der Waals surface area contributed by atoms with Gasteiger partial charge in [0, 0.05) is 31.3 Å². The molecule has 144 valence electrons. The fraction of sp³-hybridized carbons (Fsp3) is 0.381. The summed E-state index contributed by atoms with van der Waals surface area (Å²) in [6.07, 6.45) is -0.327. The smallest absolute Gasteiger partial charge is 0.310 e. The number of rotatable bonds is 7. The normalized spacial score (nSPS) is 20.2. The van der Waals surface area contributed by atoms with Gasteiger partial charge in [0.25, 0.3) is 0 Å². The maximum atomic E-state index is 11.3. The summed E-state index contributed by atoms with van der Waals surface area (Å²) in [6.45, 7) is 2.03. The van der Waals surface area contributed by atoms with Crippen molar-refractivity contribution in [2.75, 3.05) is 20.2 Å². The summed E-state index contributed by atoms with van der Waals surface area (Å²) in [4.78, 5) is 13.3. The topological polar surface area (TPSA) is 79.2 Å². The first-order chi connectivity index (χ1) is 13.1. The highest BCUT2D eigenvalue weighted by molar-refractivity contribution is 5.71. The zero-order chi connectivity index (χ0) is 19.2. The van der Waals surface area contributed by atoms with Crippen LogP contribution < -0.4 is 9.47 Å². The van der Waals surface area contributed by atoms with Crippen molar-refractivity contribution in [1.82, 2.24) is 4.90 Å². The second kappa shape index (κ2) is 8.88. The Morgan fingerprint density at radius 3 is 2.70 bits per heavy atom. The molecule has 2 aromatic carbocycles. The Hall–Kier alpha value is -2.57. The third-order valence-corrected chi connectivity index (χ3v) is 4.88. The van der Waals surface area contributed by atoms with E-state index >= 15 is 0 Å². The number of hydrogen-bond acceptors (Lipinski definition) is 5. The fourth-order valence-corrected chi connectivity index (χ4v) is 3.32. The first kappa shape index (κ1) is 19.2. The Bertz CT molecular complexity index is 764. The van der Waals surface area contributed by atoms with Crippen LogP contribution in [0.4, 0.5) is 0 Å². The van der Waals surface area contributed by atoms with E-state index in [0.717, 1.165) is 16.9 Å². The quantitative estimate of drug-likeness (QED) is 0.779. The molecular formula is C21H25NO5. The van der Waals surface area contributed by atoms with Crippen molar-refractivity contribution in [3.8, 4) is 11.5 Å². The van der Waals surface area contributed by atoms with Gasteiger partial charge in [-0.05, 0) is 18.1 Å². The first-order valence-corrected chi connectivity index (χ1v) is 9.03. The van der Waals surface area contributed by atoms with Crippen LogP contribution in [0.2, 0.25) is 0 Å². The number of methoxy groups -OCH3 is 1. The van der Waals surface area contributed by atoms with E-state index in [0.29, 0.717) is 38.4 Å². The van der Waals surface area contributed by atoms with E-state index in [4.69, 9.17) is 9.47 Å². The number of likely N-dealkylation sites (tertiary alicyclic amines) is 1. The van der Waals surface area contributed by atoms with Gasteiger partial charge in [-0.2, -0.15) is 0 Å². The molecule has 6 nitrogen and oxygen atoms in total. The number of nitrogens with zero attached hydrogens (tertiary/aromatic N) is 1. The molecule has 0 unspecified atom stereocenters. The number of aliphatic hydroxyl groups is 1. The summed E-state index contributed by atoms with van der Waals surface area (Å²) in [5.74, 6) is -0.280. The average Bonchev–Trinajstić information content (AvgIpc) is 2.69. The Morgan fingerprint density at radius 1 is 1.22 bits per heavy atom. The number of carboxylic acid groups (broad SMARTS) is 1. The van der Waals surface area contributed by atoms with Crippen molar-refractivity contribution in [2.45, 2.75) is 25.7 Å². The van der Waals surface area contributed by atoms with Crippen LogP contribution in [0.15, 0.2) is 48.5 Å². The van der Waals surface area contributed by atoms with Crippen LogP contribution in [-0.2, 0) is 17.9 Å². The van der Waals surface area contributed by atoms with E-state index in [2.05, 4.69) is 0 Å². The van der Waals surface area contributed by atoms with Crippen molar-refractivity contribution in [3.63, 3.8) is 0 Å². The SMILES string of the molecule is COc1cc(OCc2ccccc2)ccc1CN1CC[C@@H](O)[C@@H](C(=O)O)C1. The molecular weight excluding hydrogens is 346 g/mol. The van der Waals surface area contributed by atoms with Gasteiger partial charge in [-0.3, -0.25) is 9.69 Å². The van der Waals surface area contributed by atoms with Gasteiger partial charge in [-0.1, -0.05) is 36.4 Å². The molecule has 0 aromatic heterocycles. The number of hydrogen-bond donors (Lipinski definition) is 2. The highest BCUT2D eigenvalue weighted by atomic mass is 16.5. The standard InChI is InChI=1S/C21H25NO5/c1-26-20-11-17(27-14-15-5-3-2-4-6-15)8-7-16(20)12-22-10-9-19(23)18(13-22)21(24)25/h2-8,11,18-19,23H,9-10,12-14H2,1H3,(H,24,25)/t18-,19+/m0/s1. The van der Waals surface area contributed by atoms with Gasteiger partial charge in [-0.15, -0.1) is 0 Å². The third-order valence-electron chi connectivity index (χ3n) is 4.88. The molecule has 1 aliphatic heterocycles. The number of carbonyl (C=O) groups is 1. The number of carboxylic acids is 1. The number of piperidine rings is 1. The van der Waals surface area contributed by atoms with Gasteiger partial charge in [0.05, 0.1) is 19.1 Å². The summed E-state index contributed by atoms with van der Waals surface area (Å²) in [6, 6.07) is 15.6.